The van der Waals surface area contributed by atoms with Gasteiger partial charge in [-0.3, -0.25) is 4.90 Å². The molecular formula is C21H27NO5. The number of aliphatic hydroxyl groups excluding tert-OH is 1. The van der Waals surface area contributed by atoms with E-state index in [1.165, 1.54) is 0 Å². The highest BCUT2D eigenvalue weighted by Crippen LogP contribution is 2.34. The lowest BCUT2D eigenvalue weighted by molar-refractivity contribution is 0.101. The first-order chi connectivity index (χ1) is 13.1. The number of ether oxygens (including phenoxy) is 4. The fraction of sp³-hybridized carbons (Fsp3) is 0.429. The van der Waals surface area contributed by atoms with Gasteiger partial charge in [0.15, 0.2) is 23.0 Å². The Morgan fingerprint density at radius 2 is 1.89 bits per heavy atom. The highest BCUT2D eigenvalue weighted by Gasteiger charge is 2.18. The average Bonchev–Trinajstić information content (AvgIpc) is 3.15. The van der Waals surface area contributed by atoms with Crippen molar-refractivity contribution in [3.63, 3.8) is 0 Å². The lowest BCUT2D eigenvalue weighted by atomic mass is 10.1. The molecule has 6 nitrogen and oxygen atoms in total. The Kier molecular flexibility index (Phi) is 6.42. The summed E-state index contributed by atoms with van der Waals surface area (Å²) in [5.41, 5.74) is 2.12. The lowest BCUT2D eigenvalue weighted by Crippen LogP contribution is -2.31. The van der Waals surface area contributed by atoms with E-state index in [1.807, 2.05) is 43.3 Å². The summed E-state index contributed by atoms with van der Waals surface area (Å²) in [4.78, 5) is 2.20. The predicted octanol–water partition coefficient (Wildman–Crippen LogP) is 3.21. The molecule has 1 aliphatic rings. The summed E-state index contributed by atoms with van der Waals surface area (Å²) in [6, 6.07) is 11.8. The molecular weight excluding hydrogens is 346 g/mol. The van der Waals surface area contributed by atoms with Crippen LogP contribution < -0.4 is 18.9 Å². The topological polar surface area (TPSA) is 60.4 Å². The molecule has 0 amide bonds. The molecule has 2 aromatic carbocycles. The number of methoxy groups -OCH3 is 2. The highest BCUT2D eigenvalue weighted by atomic mass is 16.7. The first kappa shape index (κ1) is 19.3. The zero-order valence-electron chi connectivity index (χ0n) is 16.1. The van der Waals surface area contributed by atoms with Crippen LogP contribution >= 0.6 is 0 Å². The van der Waals surface area contributed by atoms with Crippen molar-refractivity contribution < 1.29 is 24.1 Å². The van der Waals surface area contributed by atoms with Gasteiger partial charge < -0.3 is 24.1 Å². The summed E-state index contributed by atoms with van der Waals surface area (Å²) in [6.07, 6.45) is 0.308. The van der Waals surface area contributed by atoms with Crippen LogP contribution in [0.3, 0.4) is 0 Å². The second kappa shape index (κ2) is 8.97. The van der Waals surface area contributed by atoms with E-state index in [4.69, 9.17) is 18.9 Å². The molecule has 0 fully saturated rings. The van der Waals surface area contributed by atoms with Crippen LogP contribution in [0.2, 0.25) is 0 Å². The second-order valence-electron chi connectivity index (χ2n) is 6.57. The van der Waals surface area contributed by atoms with Gasteiger partial charge in [-0.2, -0.15) is 0 Å². The summed E-state index contributed by atoms with van der Waals surface area (Å²) in [6.45, 7) is 4.11. The summed E-state index contributed by atoms with van der Waals surface area (Å²) < 4.78 is 21.8. The van der Waals surface area contributed by atoms with E-state index in [-0.39, 0.29) is 6.79 Å². The van der Waals surface area contributed by atoms with Gasteiger partial charge in [-0.15, -0.1) is 0 Å². The van der Waals surface area contributed by atoms with Crippen LogP contribution in [-0.2, 0) is 13.1 Å². The molecule has 2 aromatic rings. The third-order valence-corrected chi connectivity index (χ3v) is 4.66. The third kappa shape index (κ3) is 4.64. The summed E-state index contributed by atoms with van der Waals surface area (Å²) in [5, 5.41) is 10.2. The van der Waals surface area contributed by atoms with Gasteiger partial charge in [-0.1, -0.05) is 25.1 Å². The SMILES string of the molecule is CCC(O)CN(Cc1ccc2c(c1)OCO2)Cc1cccc(OC)c1OC. The van der Waals surface area contributed by atoms with E-state index in [2.05, 4.69) is 4.90 Å². The first-order valence-corrected chi connectivity index (χ1v) is 9.13. The van der Waals surface area contributed by atoms with Gasteiger partial charge in [0.05, 0.1) is 20.3 Å². The Morgan fingerprint density at radius 3 is 2.63 bits per heavy atom. The van der Waals surface area contributed by atoms with Crippen LogP contribution in [0.1, 0.15) is 24.5 Å². The van der Waals surface area contributed by atoms with Crippen molar-refractivity contribution in [1.29, 1.82) is 0 Å². The Bertz CT molecular complexity index is 764. The standard InChI is InChI=1S/C21H27NO5/c1-4-17(23)13-22(11-15-8-9-18-20(10-15)27-14-26-18)12-16-6-5-7-19(24-2)21(16)25-3/h5-10,17,23H,4,11-14H2,1-3H3. The number of hydrogen-bond acceptors (Lipinski definition) is 6. The van der Waals surface area contributed by atoms with Gasteiger partial charge in [0.2, 0.25) is 6.79 Å². The Morgan fingerprint density at radius 1 is 1.07 bits per heavy atom. The number of para-hydroxylation sites is 1. The zero-order chi connectivity index (χ0) is 19.2. The molecule has 0 saturated heterocycles. The molecule has 0 saturated carbocycles. The molecule has 1 N–H and O–H groups in total. The van der Waals surface area contributed by atoms with Crippen LogP contribution in [0.15, 0.2) is 36.4 Å². The van der Waals surface area contributed by atoms with Crippen molar-refractivity contribution >= 4 is 0 Å². The van der Waals surface area contributed by atoms with Crippen molar-refractivity contribution in [3.8, 4) is 23.0 Å². The van der Waals surface area contributed by atoms with Crippen molar-refractivity contribution in [3.05, 3.63) is 47.5 Å². The molecule has 0 bridgehead atoms. The van der Waals surface area contributed by atoms with Gasteiger partial charge in [-0.05, 0) is 30.2 Å². The van der Waals surface area contributed by atoms with E-state index in [9.17, 15) is 5.11 Å². The quantitative estimate of drug-likeness (QED) is 0.728. The lowest BCUT2D eigenvalue weighted by Gasteiger charge is -2.26. The predicted molar refractivity (Wildman–Crippen MR) is 103 cm³/mol. The maximum Gasteiger partial charge on any atom is 0.231 e. The molecule has 27 heavy (non-hydrogen) atoms. The molecule has 0 radical (unpaired) electrons. The van der Waals surface area contributed by atoms with Crippen molar-refractivity contribution in [1.82, 2.24) is 4.90 Å². The van der Waals surface area contributed by atoms with Gasteiger partial charge in [0.1, 0.15) is 0 Å². The Hall–Kier alpha value is -2.44. The Balaban J connectivity index is 1.81. The summed E-state index contributed by atoms with van der Waals surface area (Å²) in [5.74, 6) is 2.96. The fourth-order valence-corrected chi connectivity index (χ4v) is 3.23. The van der Waals surface area contributed by atoms with Crippen molar-refractivity contribution in [2.24, 2.45) is 0 Å². The number of rotatable bonds is 9. The van der Waals surface area contributed by atoms with Crippen LogP contribution in [0, 0.1) is 0 Å². The van der Waals surface area contributed by atoms with E-state index in [0.717, 1.165) is 28.4 Å². The number of aliphatic hydroxyl groups is 1. The minimum atomic E-state index is -0.393. The minimum absolute atomic E-state index is 0.262. The van der Waals surface area contributed by atoms with Crippen LogP contribution in [0.5, 0.6) is 23.0 Å². The molecule has 146 valence electrons. The van der Waals surface area contributed by atoms with E-state index in [1.54, 1.807) is 14.2 Å². The van der Waals surface area contributed by atoms with E-state index < -0.39 is 6.10 Å². The zero-order valence-corrected chi connectivity index (χ0v) is 16.1. The normalized spacial score (nSPS) is 13.7. The van der Waals surface area contributed by atoms with Crippen LogP contribution in [0.4, 0.5) is 0 Å². The summed E-state index contributed by atoms with van der Waals surface area (Å²) in [7, 11) is 3.28. The monoisotopic (exact) mass is 373 g/mol. The smallest absolute Gasteiger partial charge is 0.231 e. The number of benzene rings is 2. The number of nitrogens with zero attached hydrogens (tertiary/aromatic N) is 1. The van der Waals surface area contributed by atoms with Gasteiger partial charge in [0, 0.05) is 25.2 Å². The van der Waals surface area contributed by atoms with Crippen molar-refractivity contribution in [2.75, 3.05) is 27.6 Å². The molecule has 1 aliphatic heterocycles. The van der Waals surface area contributed by atoms with Gasteiger partial charge >= 0.3 is 0 Å². The number of fused-ring (bicyclic) bond motifs is 1. The second-order valence-corrected chi connectivity index (χ2v) is 6.57. The highest BCUT2D eigenvalue weighted by molar-refractivity contribution is 5.47. The molecule has 0 aliphatic carbocycles. The summed E-state index contributed by atoms with van der Waals surface area (Å²) >= 11 is 0. The number of hydrogen-bond donors (Lipinski definition) is 1. The van der Waals surface area contributed by atoms with Crippen LogP contribution in [-0.4, -0.2) is 43.7 Å². The maximum atomic E-state index is 10.2. The molecule has 0 aromatic heterocycles. The molecule has 1 atom stereocenters. The maximum absolute atomic E-state index is 10.2. The Labute approximate surface area is 160 Å². The van der Waals surface area contributed by atoms with Gasteiger partial charge in [0.25, 0.3) is 0 Å². The largest absolute Gasteiger partial charge is 0.493 e. The van der Waals surface area contributed by atoms with E-state index >= 15 is 0 Å². The average molecular weight is 373 g/mol. The van der Waals surface area contributed by atoms with Crippen molar-refractivity contribution in [2.45, 2.75) is 32.5 Å². The third-order valence-electron chi connectivity index (χ3n) is 4.66. The molecule has 6 heteroatoms. The fourth-order valence-electron chi connectivity index (χ4n) is 3.23. The van der Waals surface area contributed by atoms with E-state index in [0.29, 0.717) is 31.8 Å². The first-order valence-electron chi connectivity index (χ1n) is 9.13. The van der Waals surface area contributed by atoms with Gasteiger partial charge in [-0.25, -0.2) is 0 Å². The molecule has 1 heterocycles. The molecule has 1 unspecified atom stereocenters. The molecule has 3 rings (SSSR count). The molecule has 0 spiro atoms. The minimum Gasteiger partial charge on any atom is -0.493 e. The van der Waals surface area contributed by atoms with Crippen LogP contribution in [0.25, 0.3) is 0 Å².